The Kier molecular flexibility index (Phi) is 2.89. The molecule has 0 aliphatic carbocycles. The Morgan fingerprint density at radius 3 is 0.929 bits per heavy atom. The summed E-state index contributed by atoms with van der Waals surface area (Å²) in [4.78, 5) is 53.1. The van der Waals surface area contributed by atoms with E-state index in [-0.39, 0.29) is 10.4 Å². The van der Waals surface area contributed by atoms with Crippen molar-refractivity contribution in [1.82, 2.24) is 0 Å². The van der Waals surface area contributed by atoms with Crippen molar-refractivity contribution in [3.8, 4) is 0 Å². The molecule has 0 saturated heterocycles. The molecule has 8 heteroatoms. The molecule has 0 fully saturated rings. The highest BCUT2D eigenvalue weighted by Crippen LogP contribution is 1.93. The molecule has 0 radical (unpaired) electrons. The Morgan fingerprint density at radius 2 is 0.786 bits per heavy atom. The van der Waals surface area contributed by atoms with Crippen LogP contribution in [0.25, 0.3) is 0 Å². The molecule has 6 nitrogen and oxygen atoms in total. The Bertz CT molecular complexity index is 278. The lowest BCUT2D eigenvalue weighted by atomic mass is 10.4. The largest absolute Gasteiger partial charge is 0.528 e. The fraction of sp³-hybridized carbons (Fsp3) is 0. The molecule has 6 N–H and O–H groups in total. The van der Waals surface area contributed by atoms with E-state index in [0.29, 0.717) is 0 Å². The smallest absolute Gasteiger partial charge is 0.386 e. The molecule has 0 saturated carbocycles. The Labute approximate surface area is 81.7 Å². The second-order valence-electron chi connectivity index (χ2n) is 2.85. The topological polar surface area (TPSA) is 121 Å². The van der Waals surface area contributed by atoms with Crippen LogP contribution in [0.15, 0.2) is 24.3 Å². The van der Waals surface area contributed by atoms with Gasteiger partial charge >= 0.3 is 17.6 Å². The summed E-state index contributed by atoms with van der Waals surface area (Å²) >= 11 is 0. The number of hydrogen-bond donors (Lipinski definition) is 6. The summed E-state index contributed by atoms with van der Waals surface area (Å²) in [6.07, 6.45) is 0. The van der Waals surface area contributed by atoms with Crippen molar-refractivity contribution in [1.29, 1.82) is 0 Å². The lowest BCUT2D eigenvalue weighted by Crippen LogP contribution is -2.52. The van der Waals surface area contributed by atoms with Gasteiger partial charge in [-0.25, -0.2) is 0 Å². The van der Waals surface area contributed by atoms with E-state index in [4.69, 9.17) is 28.8 Å². The van der Waals surface area contributed by atoms with Gasteiger partial charge in [0.25, 0.3) is 0 Å². The highest BCUT2D eigenvalue weighted by atomic mass is 28.4. The van der Waals surface area contributed by atoms with Crippen LogP contribution in [-0.2, 0) is 0 Å². The predicted octanol–water partition coefficient (Wildman–Crippen LogP) is -4.07. The first-order chi connectivity index (χ1) is 6.21. The predicted molar refractivity (Wildman–Crippen MR) is 50.5 cm³/mol. The minimum Gasteiger partial charge on any atom is -0.386 e. The standard InChI is InChI=1S/C6H10O6Si2/c7-13(8,9)5-1-2-6(4-3-5)14(10,11)12/h1-4,7-12H. The third-order valence-electron chi connectivity index (χ3n) is 1.66. The fourth-order valence-electron chi connectivity index (χ4n) is 0.917. The minimum atomic E-state index is -4.34. The van der Waals surface area contributed by atoms with Gasteiger partial charge in [-0.1, -0.05) is 24.3 Å². The van der Waals surface area contributed by atoms with E-state index in [1.165, 1.54) is 0 Å². The van der Waals surface area contributed by atoms with Crippen molar-refractivity contribution < 1.29 is 28.8 Å². The maximum atomic E-state index is 8.86. The highest BCUT2D eigenvalue weighted by Gasteiger charge is 2.33. The summed E-state index contributed by atoms with van der Waals surface area (Å²) in [5.74, 6) is 0. The molecule has 0 amide bonds. The second-order valence-corrected chi connectivity index (χ2v) is 6.54. The molecule has 0 aliphatic rings. The van der Waals surface area contributed by atoms with E-state index >= 15 is 0 Å². The van der Waals surface area contributed by atoms with Crippen molar-refractivity contribution >= 4 is 28.0 Å². The fourth-order valence-corrected chi connectivity index (χ4v) is 2.15. The quantitative estimate of drug-likeness (QED) is 0.290. The molecule has 0 heterocycles. The van der Waals surface area contributed by atoms with Gasteiger partial charge in [-0.3, -0.25) is 0 Å². The van der Waals surface area contributed by atoms with Crippen molar-refractivity contribution in [2.24, 2.45) is 0 Å². The van der Waals surface area contributed by atoms with Gasteiger partial charge in [0.15, 0.2) is 0 Å². The van der Waals surface area contributed by atoms with Crippen LogP contribution < -0.4 is 10.4 Å². The van der Waals surface area contributed by atoms with Gasteiger partial charge in [0.05, 0.1) is 0 Å². The third kappa shape index (κ3) is 2.70. The molecular weight excluding hydrogens is 224 g/mol. The molecule has 0 bridgehead atoms. The van der Waals surface area contributed by atoms with E-state index in [0.717, 1.165) is 24.3 Å². The lowest BCUT2D eigenvalue weighted by Gasteiger charge is -2.12. The van der Waals surface area contributed by atoms with Crippen LogP contribution in [0, 0.1) is 0 Å². The molecule has 1 aromatic rings. The van der Waals surface area contributed by atoms with Crippen LogP contribution in [0.1, 0.15) is 0 Å². The molecule has 0 spiro atoms. The van der Waals surface area contributed by atoms with Crippen LogP contribution in [0.4, 0.5) is 0 Å². The summed E-state index contributed by atoms with van der Waals surface area (Å²) in [6, 6.07) is 4.47. The third-order valence-corrected chi connectivity index (χ3v) is 3.88. The molecule has 78 valence electrons. The summed E-state index contributed by atoms with van der Waals surface area (Å²) in [5, 5.41) is -0.195. The summed E-state index contributed by atoms with van der Waals surface area (Å²) in [7, 11) is -8.69. The van der Waals surface area contributed by atoms with Crippen LogP contribution in [0.3, 0.4) is 0 Å². The zero-order valence-corrected chi connectivity index (χ0v) is 8.99. The summed E-state index contributed by atoms with van der Waals surface area (Å²) in [6.45, 7) is 0. The molecular formula is C6H10O6Si2. The van der Waals surface area contributed by atoms with Gasteiger partial charge in [0, 0.05) is 10.4 Å². The van der Waals surface area contributed by atoms with Crippen molar-refractivity contribution in [3.05, 3.63) is 24.3 Å². The molecule has 1 rings (SSSR count). The Morgan fingerprint density at radius 1 is 0.571 bits per heavy atom. The summed E-state index contributed by atoms with van der Waals surface area (Å²) in [5.41, 5.74) is 0. The molecule has 0 aromatic heterocycles. The molecule has 0 atom stereocenters. The van der Waals surface area contributed by atoms with Crippen molar-refractivity contribution in [2.45, 2.75) is 0 Å². The Balaban J connectivity index is 3.02. The average molecular weight is 234 g/mol. The maximum absolute atomic E-state index is 8.86. The molecule has 0 aliphatic heterocycles. The zero-order valence-electron chi connectivity index (χ0n) is 6.99. The number of rotatable bonds is 2. The van der Waals surface area contributed by atoms with E-state index in [2.05, 4.69) is 0 Å². The minimum absolute atomic E-state index is 0.0977. The van der Waals surface area contributed by atoms with Gasteiger partial charge in [0.2, 0.25) is 0 Å². The van der Waals surface area contributed by atoms with Gasteiger partial charge < -0.3 is 28.8 Å². The zero-order chi connectivity index (χ0) is 11.0. The van der Waals surface area contributed by atoms with E-state index < -0.39 is 17.6 Å². The molecule has 14 heavy (non-hydrogen) atoms. The molecule has 0 unspecified atom stereocenters. The lowest BCUT2D eigenvalue weighted by molar-refractivity contribution is 0.247. The van der Waals surface area contributed by atoms with Gasteiger partial charge in [0.1, 0.15) is 0 Å². The SMILES string of the molecule is O[Si](O)(O)c1ccc([Si](O)(O)O)cc1. The first kappa shape index (κ1) is 11.5. The van der Waals surface area contributed by atoms with Crippen LogP contribution in [0.5, 0.6) is 0 Å². The maximum Gasteiger partial charge on any atom is 0.528 e. The monoisotopic (exact) mass is 234 g/mol. The number of benzene rings is 1. The van der Waals surface area contributed by atoms with Gasteiger partial charge in [-0.2, -0.15) is 0 Å². The highest BCUT2D eigenvalue weighted by molar-refractivity contribution is 6.73. The van der Waals surface area contributed by atoms with Crippen LogP contribution in [0.2, 0.25) is 0 Å². The van der Waals surface area contributed by atoms with E-state index in [1.54, 1.807) is 0 Å². The first-order valence-corrected chi connectivity index (χ1v) is 7.35. The van der Waals surface area contributed by atoms with E-state index in [1.807, 2.05) is 0 Å². The van der Waals surface area contributed by atoms with Gasteiger partial charge in [-0.05, 0) is 0 Å². The van der Waals surface area contributed by atoms with Crippen molar-refractivity contribution in [3.63, 3.8) is 0 Å². The van der Waals surface area contributed by atoms with Crippen LogP contribution >= 0.6 is 0 Å². The van der Waals surface area contributed by atoms with Gasteiger partial charge in [-0.15, -0.1) is 0 Å². The Hall–Kier alpha value is -0.586. The normalized spacial score (nSPS) is 13.0. The number of hydrogen-bond acceptors (Lipinski definition) is 6. The van der Waals surface area contributed by atoms with Crippen molar-refractivity contribution in [2.75, 3.05) is 0 Å². The van der Waals surface area contributed by atoms with E-state index in [9.17, 15) is 0 Å². The van der Waals surface area contributed by atoms with Crippen LogP contribution in [-0.4, -0.2) is 46.4 Å². The first-order valence-electron chi connectivity index (χ1n) is 3.66. The summed E-state index contributed by atoms with van der Waals surface area (Å²) < 4.78 is 0. The average Bonchev–Trinajstić information content (AvgIpc) is 2.01. The second kappa shape index (κ2) is 3.53. The molecule has 1 aromatic carbocycles.